The second-order valence-electron chi connectivity index (χ2n) is 4.49. The predicted octanol–water partition coefficient (Wildman–Crippen LogP) is 2.62. The third-order valence-electron chi connectivity index (χ3n) is 2.64. The van der Waals surface area contributed by atoms with Crippen LogP contribution < -0.4 is 10.6 Å². The third kappa shape index (κ3) is 3.16. The van der Waals surface area contributed by atoms with E-state index in [1.165, 1.54) is 0 Å². The highest BCUT2D eigenvalue weighted by Crippen LogP contribution is 2.20. The highest BCUT2D eigenvalue weighted by atomic mass is 15.1. The highest BCUT2D eigenvalue weighted by molar-refractivity contribution is 5.63. The molecule has 0 radical (unpaired) electrons. The molecule has 2 N–H and O–H groups in total. The van der Waals surface area contributed by atoms with Crippen molar-refractivity contribution in [2.45, 2.75) is 20.3 Å². The first-order valence-corrected chi connectivity index (χ1v) is 5.55. The summed E-state index contributed by atoms with van der Waals surface area (Å²) in [6.07, 6.45) is 1.15. The summed E-state index contributed by atoms with van der Waals surface area (Å²) in [6.45, 7) is 5.42. The number of hydrogen-bond donors (Lipinski definition) is 1. The van der Waals surface area contributed by atoms with Gasteiger partial charge in [-0.05, 0) is 30.5 Å². The quantitative estimate of drug-likeness (QED) is 0.789. The van der Waals surface area contributed by atoms with Gasteiger partial charge in [-0.15, -0.1) is 0 Å². The van der Waals surface area contributed by atoms with Gasteiger partial charge in [0.15, 0.2) is 0 Å². The van der Waals surface area contributed by atoms with E-state index in [-0.39, 0.29) is 0 Å². The molecule has 0 aliphatic rings. The Morgan fingerprint density at radius 3 is 2.62 bits per heavy atom. The molecule has 0 saturated carbocycles. The lowest BCUT2D eigenvalue weighted by Gasteiger charge is -2.20. The van der Waals surface area contributed by atoms with E-state index in [1.807, 2.05) is 19.2 Å². The predicted molar refractivity (Wildman–Crippen MR) is 68.3 cm³/mol. The van der Waals surface area contributed by atoms with Crippen molar-refractivity contribution >= 4 is 11.4 Å². The highest BCUT2D eigenvalue weighted by Gasteiger charge is 2.05. The minimum atomic E-state index is 0.543. The van der Waals surface area contributed by atoms with Gasteiger partial charge in [-0.1, -0.05) is 13.8 Å². The Kier molecular flexibility index (Phi) is 4.19. The van der Waals surface area contributed by atoms with Crippen LogP contribution >= 0.6 is 0 Å². The van der Waals surface area contributed by atoms with Crippen molar-refractivity contribution in [2.24, 2.45) is 5.92 Å². The summed E-state index contributed by atoms with van der Waals surface area (Å²) >= 11 is 0. The molecule has 1 rings (SSSR count). The van der Waals surface area contributed by atoms with Gasteiger partial charge in [0, 0.05) is 19.3 Å². The largest absolute Gasteiger partial charge is 0.398 e. The number of nitrogen functional groups attached to an aromatic ring is 1. The smallest absolute Gasteiger partial charge is 0.101 e. The first-order valence-electron chi connectivity index (χ1n) is 5.55. The average molecular weight is 217 g/mol. The summed E-state index contributed by atoms with van der Waals surface area (Å²) < 4.78 is 0. The van der Waals surface area contributed by atoms with Crippen LogP contribution in [0, 0.1) is 17.2 Å². The Labute approximate surface area is 97.5 Å². The number of anilines is 2. The average Bonchev–Trinajstić information content (AvgIpc) is 2.25. The lowest BCUT2D eigenvalue weighted by atomic mass is 10.1. The van der Waals surface area contributed by atoms with E-state index in [2.05, 4.69) is 24.8 Å². The van der Waals surface area contributed by atoms with Crippen LogP contribution in [-0.2, 0) is 0 Å². The molecule has 0 heterocycles. The Morgan fingerprint density at radius 2 is 2.12 bits per heavy atom. The maximum Gasteiger partial charge on any atom is 0.101 e. The van der Waals surface area contributed by atoms with Gasteiger partial charge < -0.3 is 10.6 Å². The van der Waals surface area contributed by atoms with Crippen LogP contribution in [0.4, 0.5) is 11.4 Å². The van der Waals surface area contributed by atoms with Crippen LogP contribution in [0.15, 0.2) is 18.2 Å². The van der Waals surface area contributed by atoms with Crippen molar-refractivity contribution in [2.75, 3.05) is 24.2 Å². The molecule has 86 valence electrons. The molecule has 0 spiro atoms. The minimum Gasteiger partial charge on any atom is -0.398 e. The van der Waals surface area contributed by atoms with Crippen LogP contribution in [0.3, 0.4) is 0 Å². The fourth-order valence-corrected chi connectivity index (χ4v) is 1.47. The Balaban J connectivity index is 2.74. The molecule has 0 aromatic heterocycles. The van der Waals surface area contributed by atoms with Gasteiger partial charge in [-0.25, -0.2) is 0 Å². The van der Waals surface area contributed by atoms with Crippen LogP contribution in [0.1, 0.15) is 25.8 Å². The topological polar surface area (TPSA) is 53.0 Å². The summed E-state index contributed by atoms with van der Waals surface area (Å²) in [5, 5.41) is 8.78. The van der Waals surface area contributed by atoms with Crippen molar-refractivity contribution in [3.05, 3.63) is 23.8 Å². The number of nitrogens with zero attached hydrogens (tertiary/aromatic N) is 2. The Hall–Kier alpha value is -1.69. The molecule has 1 aromatic rings. The van der Waals surface area contributed by atoms with E-state index in [1.54, 1.807) is 6.07 Å². The molecule has 0 fully saturated rings. The zero-order chi connectivity index (χ0) is 12.1. The fraction of sp³-hybridized carbons (Fsp3) is 0.462. The maximum absolute atomic E-state index is 8.78. The molecule has 3 heteroatoms. The monoisotopic (exact) mass is 217 g/mol. The van der Waals surface area contributed by atoms with Crippen molar-refractivity contribution in [1.29, 1.82) is 5.26 Å². The van der Waals surface area contributed by atoms with Gasteiger partial charge in [0.05, 0.1) is 11.3 Å². The van der Waals surface area contributed by atoms with Gasteiger partial charge >= 0.3 is 0 Å². The van der Waals surface area contributed by atoms with E-state index in [0.717, 1.165) is 18.7 Å². The van der Waals surface area contributed by atoms with E-state index in [4.69, 9.17) is 11.0 Å². The van der Waals surface area contributed by atoms with E-state index in [0.29, 0.717) is 17.2 Å². The normalized spacial score (nSPS) is 10.2. The van der Waals surface area contributed by atoms with Gasteiger partial charge in [-0.2, -0.15) is 5.26 Å². The maximum atomic E-state index is 8.78. The van der Waals surface area contributed by atoms with Crippen molar-refractivity contribution in [3.63, 3.8) is 0 Å². The van der Waals surface area contributed by atoms with Crippen LogP contribution in [-0.4, -0.2) is 13.6 Å². The summed E-state index contributed by atoms with van der Waals surface area (Å²) in [5.74, 6) is 0.693. The van der Waals surface area contributed by atoms with Gasteiger partial charge in [0.1, 0.15) is 6.07 Å². The Bertz CT molecular complexity index is 391. The zero-order valence-corrected chi connectivity index (χ0v) is 10.2. The number of nitrogens with two attached hydrogens (primary N) is 1. The third-order valence-corrected chi connectivity index (χ3v) is 2.64. The van der Waals surface area contributed by atoms with Gasteiger partial charge in [0.25, 0.3) is 0 Å². The van der Waals surface area contributed by atoms with Gasteiger partial charge in [-0.3, -0.25) is 0 Å². The molecule has 0 aliphatic heterocycles. The van der Waals surface area contributed by atoms with Crippen LogP contribution in [0.25, 0.3) is 0 Å². The minimum absolute atomic E-state index is 0.543. The molecule has 0 unspecified atom stereocenters. The lowest BCUT2D eigenvalue weighted by molar-refractivity contribution is 0.585. The molecule has 0 atom stereocenters. The molecule has 16 heavy (non-hydrogen) atoms. The van der Waals surface area contributed by atoms with Crippen LogP contribution in [0.2, 0.25) is 0 Å². The van der Waals surface area contributed by atoms with E-state index in [9.17, 15) is 0 Å². The molecular weight excluding hydrogens is 198 g/mol. The Morgan fingerprint density at radius 1 is 1.44 bits per heavy atom. The van der Waals surface area contributed by atoms with E-state index >= 15 is 0 Å². The standard InChI is InChI=1S/C13H19N3/c1-10(2)6-7-16(3)12-5-4-11(9-14)13(15)8-12/h4-5,8,10H,6-7,15H2,1-3H3. The molecular formula is C13H19N3. The SMILES string of the molecule is CC(C)CCN(C)c1ccc(C#N)c(N)c1. The molecule has 0 amide bonds. The molecule has 0 bridgehead atoms. The van der Waals surface area contributed by atoms with Gasteiger partial charge in [0.2, 0.25) is 0 Å². The molecule has 3 nitrogen and oxygen atoms in total. The lowest BCUT2D eigenvalue weighted by Crippen LogP contribution is -2.20. The second kappa shape index (κ2) is 5.41. The zero-order valence-electron chi connectivity index (χ0n) is 10.2. The molecule has 1 aromatic carbocycles. The number of benzene rings is 1. The number of rotatable bonds is 4. The number of hydrogen-bond acceptors (Lipinski definition) is 3. The van der Waals surface area contributed by atoms with Crippen molar-refractivity contribution in [3.8, 4) is 6.07 Å². The second-order valence-corrected chi connectivity index (χ2v) is 4.49. The summed E-state index contributed by atoms with van der Waals surface area (Å²) in [5.41, 5.74) is 7.94. The van der Waals surface area contributed by atoms with E-state index < -0.39 is 0 Å². The summed E-state index contributed by atoms with van der Waals surface area (Å²) in [4.78, 5) is 2.16. The summed E-state index contributed by atoms with van der Waals surface area (Å²) in [6, 6.07) is 7.64. The summed E-state index contributed by atoms with van der Waals surface area (Å²) in [7, 11) is 2.04. The van der Waals surface area contributed by atoms with Crippen molar-refractivity contribution in [1.82, 2.24) is 0 Å². The first-order chi connectivity index (χ1) is 7.54. The first kappa shape index (κ1) is 12.4. The molecule has 0 saturated heterocycles. The number of nitriles is 1. The fourth-order valence-electron chi connectivity index (χ4n) is 1.47. The van der Waals surface area contributed by atoms with Crippen molar-refractivity contribution < 1.29 is 0 Å². The molecule has 0 aliphatic carbocycles. The van der Waals surface area contributed by atoms with Crippen LogP contribution in [0.5, 0.6) is 0 Å².